The number of esters is 1. The number of methoxy groups -OCH3 is 1. The average molecular weight is 182 g/mol. The molecule has 0 N–H and O–H groups in total. The summed E-state index contributed by atoms with van der Waals surface area (Å²) < 4.78 is 10.7. The molecule has 1 saturated heterocycles. The van der Waals surface area contributed by atoms with E-state index in [9.17, 15) is 4.79 Å². The molecule has 0 amide bonds. The Balaban J connectivity index is 1.88. The van der Waals surface area contributed by atoms with E-state index < -0.39 is 0 Å². The van der Waals surface area contributed by atoms with Gasteiger partial charge in [0.15, 0.2) is 0 Å². The molecule has 1 heterocycles. The Hall–Kier alpha value is -0.570. The number of hydrogen-bond acceptors (Lipinski definition) is 3. The summed E-state index contributed by atoms with van der Waals surface area (Å²) in [6.45, 7) is 0. The number of carbonyl (C=O) groups is 1. The van der Waals surface area contributed by atoms with Crippen molar-refractivity contribution in [2.75, 3.05) is 7.11 Å². The van der Waals surface area contributed by atoms with Crippen LogP contribution in [-0.2, 0) is 14.3 Å². The quantitative estimate of drug-likeness (QED) is 0.567. The first-order chi connectivity index (χ1) is 6.33. The highest BCUT2D eigenvalue weighted by molar-refractivity contribution is 5.76. The Morgan fingerprint density at radius 3 is 3.08 bits per heavy atom. The fourth-order valence-corrected chi connectivity index (χ4v) is 3.38. The van der Waals surface area contributed by atoms with E-state index in [1.54, 1.807) is 7.11 Å². The van der Waals surface area contributed by atoms with E-state index in [1.807, 2.05) is 0 Å². The van der Waals surface area contributed by atoms with E-state index in [0.29, 0.717) is 11.8 Å². The summed E-state index contributed by atoms with van der Waals surface area (Å²) in [6.07, 6.45) is 3.69. The van der Waals surface area contributed by atoms with Crippen LogP contribution in [0.25, 0.3) is 0 Å². The Kier molecular flexibility index (Phi) is 1.48. The Labute approximate surface area is 77.4 Å². The van der Waals surface area contributed by atoms with Crippen molar-refractivity contribution in [2.24, 2.45) is 17.8 Å². The van der Waals surface area contributed by atoms with Crippen LogP contribution in [0.4, 0.5) is 0 Å². The van der Waals surface area contributed by atoms with Gasteiger partial charge in [-0.2, -0.15) is 0 Å². The minimum absolute atomic E-state index is 0.0271. The lowest BCUT2D eigenvalue weighted by atomic mass is 9.58. The molecule has 0 aromatic rings. The van der Waals surface area contributed by atoms with E-state index in [0.717, 1.165) is 12.8 Å². The first-order valence-corrected chi connectivity index (χ1v) is 5.06. The fraction of sp³-hybridized carbons (Fsp3) is 0.900. The summed E-state index contributed by atoms with van der Waals surface area (Å²) in [4.78, 5) is 11.4. The van der Waals surface area contributed by atoms with Crippen LogP contribution in [0.2, 0.25) is 0 Å². The zero-order valence-electron chi connectivity index (χ0n) is 7.73. The molecule has 2 aliphatic carbocycles. The van der Waals surface area contributed by atoms with Gasteiger partial charge in [-0.25, -0.2) is 0 Å². The molecule has 3 heteroatoms. The van der Waals surface area contributed by atoms with Gasteiger partial charge >= 0.3 is 5.97 Å². The van der Waals surface area contributed by atoms with Crippen molar-refractivity contribution in [2.45, 2.75) is 31.5 Å². The van der Waals surface area contributed by atoms with Crippen molar-refractivity contribution in [3.8, 4) is 0 Å². The third-order valence-electron chi connectivity index (χ3n) is 3.96. The van der Waals surface area contributed by atoms with E-state index >= 15 is 0 Å². The number of carbonyl (C=O) groups excluding carboxylic acids is 1. The van der Waals surface area contributed by atoms with Gasteiger partial charge in [-0.3, -0.25) is 4.79 Å². The molecule has 0 radical (unpaired) electrons. The highest BCUT2D eigenvalue weighted by Gasteiger charge is 2.63. The van der Waals surface area contributed by atoms with Crippen LogP contribution >= 0.6 is 0 Å². The molecule has 3 fully saturated rings. The zero-order chi connectivity index (χ0) is 9.00. The van der Waals surface area contributed by atoms with Crippen LogP contribution in [-0.4, -0.2) is 25.3 Å². The van der Waals surface area contributed by atoms with Gasteiger partial charge in [-0.1, -0.05) is 6.42 Å². The van der Waals surface area contributed by atoms with Crippen molar-refractivity contribution >= 4 is 5.97 Å². The summed E-state index contributed by atoms with van der Waals surface area (Å²) in [6, 6.07) is 0. The zero-order valence-corrected chi connectivity index (χ0v) is 7.73. The third kappa shape index (κ3) is 0.810. The Morgan fingerprint density at radius 1 is 1.46 bits per heavy atom. The van der Waals surface area contributed by atoms with E-state index in [1.165, 1.54) is 6.42 Å². The lowest BCUT2D eigenvalue weighted by molar-refractivity contribution is -0.173. The van der Waals surface area contributed by atoms with Gasteiger partial charge in [0.25, 0.3) is 0 Å². The smallest absolute Gasteiger partial charge is 0.309 e. The monoisotopic (exact) mass is 182 g/mol. The molecule has 3 nitrogen and oxygen atoms in total. The van der Waals surface area contributed by atoms with Gasteiger partial charge in [0.05, 0.1) is 12.0 Å². The number of rotatable bonds is 1. The van der Waals surface area contributed by atoms with Gasteiger partial charge in [0.1, 0.15) is 6.10 Å². The maximum Gasteiger partial charge on any atom is 0.309 e. The van der Waals surface area contributed by atoms with Crippen LogP contribution in [0.5, 0.6) is 0 Å². The molecule has 72 valence electrons. The molecule has 0 spiro atoms. The second-order valence-electron chi connectivity index (χ2n) is 4.38. The highest BCUT2D eigenvalue weighted by Crippen LogP contribution is 2.55. The fourth-order valence-electron chi connectivity index (χ4n) is 3.38. The predicted octanol–water partition coefficient (Wildman–Crippen LogP) is 0.973. The largest absolute Gasteiger partial charge is 0.459 e. The minimum atomic E-state index is 0.0271. The topological polar surface area (TPSA) is 35.5 Å². The van der Waals surface area contributed by atoms with E-state index in [-0.39, 0.29) is 24.1 Å². The first-order valence-electron chi connectivity index (χ1n) is 5.06. The van der Waals surface area contributed by atoms with Crippen molar-refractivity contribution < 1.29 is 14.3 Å². The van der Waals surface area contributed by atoms with Crippen LogP contribution in [0.15, 0.2) is 0 Å². The van der Waals surface area contributed by atoms with Crippen molar-refractivity contribution in [1.82, 2.24) is 0 Å². The number of hydrogen-bond donors (Lipinski definition) is 0. The minimum Gasteiger partial charge on any atom is -0.459 e. The van der Waals surface area contributed by atoms with Crippen LogP contribution in [0, 0.1) is 17.8 Å². The predicted molar refractivity (Wildman–Crippen MR) is 45.0 cm³/mol. The van der Waals surface area contributed by atoms with Gasteiger partial charge in [0.2, 0.25) is 0 Å². The first kappa shape index (κ1) is 7.80. The molecule has 4 unspecified atom stereocenters. The van der Waals surface area contributed by atoms with Crippen molar-refractivity contribution in [3.63, 3.8) is 0 Å². The Bertz CT molecular complexity index is 251. The van der Waals surface area contributed by atoms with Crippen LogP contribution in [0.1, 0.15) is 19.3 Å². The van der Waals surface area contributed by atoms with Gasteiger partial charge < -0.3 is 9.47 Å². The standard InChI is InChI=1S/C10H14O3/c1-12-8-5-3-2-4-6-7(5)9(8)13-10(6)11/h5-9H,2-4H2,1H3/t5?,6?,7?,8?,9-/m1/s1. The van der Waals surface area contributed by atoms with Gasteiger partial charge in [-0.05, 0) is 18.8 Å². The van der Waals surface area contributed by atoms with Crippen LogP contribution < -0.4 is 0 Å². The summed E-state index contributed by atoms with van der Waals surface area (Å²) in [5.41, 5.74) is 0. The average Bonchev–Trinajstić information content (AvgIpc) is 2.43. The van der Waals surface area contributed by atoms with Gasteiger partial charge in [0, 0.05) is 13.0 Å². The van der Waals surface area contributed by atoms with Crippen molar-refractivity contribution in [3.05, 3.63) is 0 Å². The molecule has 1 aliphatic heterocycles. The Morgan fingerprint density at radius 2 is 2.31 bits per heavy atom. The molecular weight excluding hydrogens is 168 g/mol. The molecule has 2 saturated carbocycles. The summed E-state index contributed by atoms with van der Waals surface area (Å²) in [7, 11) is 1.72. The van der Waals surface area contributed by atoms with Gasteiger partial charge in [-0.15, -0.1) is 0 Å². The number of ether oxygens (including phenoxy) is 2. The lowest BCUT2D eigenvalue weighted by Gasteiger charge is -2.49. The van der Waals surface area contributed by atoms with Crippen molar-refractivity contribution in [1.29, 1.82) is 0 Å². The maximum absolute atomic E-state index is 11.4. The third-order valence-corrected chi connectivity index (χ3v) is 3.96. The van der Waals surface area contributed by atoms with E-state index in [4.69, 9.17) is 9.47 Å². The SMILES string of the molecule is COC1C2CCCC3C(=O)O[C@@H]1C32. The molecule has 0 aromatic heterocycles. The molecule has 3 rings (SSSR count). The second-order valence-corrected chi connectivity index (χ2v) is 4.38. The normalized spacial score (nSPS) is 52.4. The highest BCUT2D eigenvalue weighted by atomic mass is 16.6. The van der Waals surface area contributed by atoms with E-state index in [2.05, 4.69) is 0 Å². The molecular formula is C10H14O3. The molecule has 0 aromatic carbocycles. The second kappa shape index (κ2) is 2.47. The molecule has 3 aliphatic rings. The molecule has 0 bridgehead atoms. The summed E-state index contributed by atoms with van der Waals surface area (Å²) in [5.74, 6) is 1.32. The molecule has 13 heavy (non-hydrogen) atoms. The lowest BCUT2D eigenvalue weighted by Crippen LogP contribution is -2.57. The maximum atomic E-state index is 11.4. The summed E-state index contributed by atoms with van der Waals surface area (Å²) in [5, 5.41) is 0. The van der Waals surface area contributed by atoms with Crippen LogP contribution in [0.3, 0.4) is 0 Å². The molecule has 5 atom stereocenters. The summed E-state index contributed by atoms with van der Waals surface area (Å²) >= 11 is 0.